The fourth-order valence-electron chi connectivity index (χ4n) is 3.43. The lowest BCUT2D eigenvalue weighted by Crippen LogP contribution is -2.43. The lowest BCUT2D eigenvalue weighted by atomic mass is 10.0. The molecule has 1 amide bonds. The maximum Gasteiger partial charge on any atom is 0.236 e. The first-order valence-electron chi connectivity index (χ1n) is 9.58. The summed E-state index contributed by atoms with van der Waals surface area (Å²) in [5.41, 5.74) is 5.44. The molecule has 3 heterocycles. The van der Waals surface area contributed by atoms with Gasteiger partial charge in [-0.15, -0.1) is 10.2 Å². The third kappa shape index (κ3) is 3.57. The van der Waals surface area contributed by atoms with E-state index in [1.54, 1.807) is 12.3 Å². The highest BCUT2D eigenvalue weighted by atomic mass is 32.2. The molecule has 5 rings (SSSR count). The zero-order valence-electron chi connectivity index (χ0n) is 15.9. The Bertz CT molecular complexity index is 1130. The fraction of sp³-hybridized carbons (Fsp3) is 0.136. The van der Waals surface area contributed by atoms with Crippen molar-refractivity contribution in [1.82, 2.24) is 20.2 Å². The lowest BCUT2D eigenvalue weighted by Gasteiger charge is -2.32. The maximum absolute atomic E-state index is 13.1. The zero-order valence-corrected chi connectivity index (χ0v) is 16.8. The highest BCUT2D eigenvalue weighted by molar-refractivity contribution is 8.00. The predicted molar refractivity (Wildman–Crippen MR) is 114 cm³/mol. The van der Waals surface area contributed by atoms with Gasteiger partial charge in [0.1, 0.15) is 11.0 Å². The van der Waals surface area contributed by atoms with Crippen LogP contribution in [-0.2, 0) is 11.3 Å². The van der Waals surface area contributed by atoms with Crippen molar-refractivity contribution in [2.75, 3.05) is 5.43 Å². The number of benzene rings is 2. The smallest absolute Gasteiger partial charge is 0.236 e. The van der Waals surface area contributed by atoms with Crippen LogP contribution in [0.1, 0.15) is 17.4 Å². The molecule has 1 aliphatic rings. The first kappa shape index (κ1) is 18.5. The number of thioether (sulfide) groups is 1. The topological polar surface area (TPSA) is 85.0 Å². The highest BCUT2D eigenvalue weighted by Crippen LogP contribution is 2.38. The van der Waals surface area contributed by atoms with Crippen LogP contribution in [0.3, 0.4) is 0 Å². The van der Waals surface area contributed by atoms with Crippen molar-refractivity contribution in [3.63, 3.8) is 0 Å². The number of carbonyl (C=O) groups is 1. The van der Waals surface area contributed by atoms with E-state index in [1.165, 1.54) is 11.8 Å². The van der Waals surface area contributed by atoms with Crippen LogP contribution in [0.25, 0.3) is 11.4 Å². The second-order valence-corrected chi connectivity index (χ2v) is 7.97. The van der Waals surface area contributed by atoms with E-state index >= 15 is 0 Å². The number of fused-ring (bicyclic) bond motifs is 1. The zero-order chi connectivity index (χ0) is 20.3. The van der Waals surface area contributed by atoms with Crippen LogP contribution >= 0.6 is 11.8 Å². The van der Waals surface area contributed by atoms with Gasteiger partial charge in [-0.25, -0.2) is 4.68 Å². The molecule has 2 aromatic heterocycles. The normalized spacial score (nSPS) is 17.7. The van der Waals surface area contributed by atoms with Crippen molar-refractivity contribution < 1.29 is 9.21 Å². The van der Waals surface area contributed by atoms with Crippen molar-refractivity contribution in [3.05, 3.63) is 90.4 Å². The standard InChI is InChI=1S/C22H19N5O2S/c28-21(23-14-17-12-7-13-29-17)19-18(15-8-3-1-4-9-15)26-27-20(24-25-22(27)30-19)16-10-5-2-6-11-16/h1-13,18-19,26H,14H2,(H,23,28). The molecule has 2 aromatic carbocycles. The third-order valence-corrected chi connectivity index (χ3v) is 6.12. The number of nitrogens with zero attached hydrogens (tertiary/aromatic N) is 3. The predicted octanol–water partition coefficient (Wildman–Crippen LogP) is 3.61. The Morgan fingerprint density at radius 2 is 1.80 bits per heavy atom. The van der Waals surface area contributed by atoms with Gasteiger partial charge in [-0.3, -0.25) is 4.79 Å². The molecule has 0 saturated heterocycles. The summed E-state index contributed by atoms with van der Waals surface area (Å²) in [6.45, 7) is 0.340. The summed E-state index contributed by atoms with van der Waals surface area (Å²) in [4.78, 5) is 13.1. The van der Waals surface area contributed by atoms with Crippen LogP contribution in [0.15, 0.2) is 88.6 Å². The van der Waals surface area contributed by atoms with Gasteiger partial charge in [0.25, 0.3) is 0 Å². The van der Waals surface area contributed by atoms with E-state index in [2.05, 4.69) is 20.9 Å². The van der Waals surface area contributed by atoms with Gasteiger partial charge in [0, 0.05) is 5.56 Å². The molecule has 2 atom stereocenters. The Labute approximate surface area is 177 Å². The average Bonchev–Trinajstić information content (AvgIpc) is 3.47. The Morgan fingerprint density at radius 3 is 2.53 bits per heavy atom. The minimum absolute atomic E-state index is 0.0896. The van der Waals surface area contributed by atoms with Crippen LogP contribution in [0.2, 0.25) is 0 Å². The summed E-state index contributed by atoms with van der Waals surface area (Å²) in [6.07, 6.45) is 1.60. The van der Waals surface area contributed by atoms with E-state index in [4.69, 9.17) is 4.42 Å². The molecule has 2 unspecified atom stereocenters. The minimum atomic E-state index is -0.414. The number of nitrogens with one attached hydrogen (secondary N) is 2. The molecule has 0 radical (unpaired) electrons. The molecule has 4 aromatic rings. The van der Waals surface area contributed by atoms with Gasteiger partial charge >= 0.3 is 0 Å². The Morgan fingerprint density at radius 1 is 1.03 bits per heavy atom. The van der Waals surface area contributed by atoms with Crippen LogP contribution in [-0.4, -0.2) is 26.0 Å². The molecule has 0 saturated carbocycles. The number of carbonyl (C=O) groups excluding carboxylic acids is 1. The monoisotopic (exact) mass is 417 g/mol. The van der Waals surface area contributed by atoms with Crippen molar-refractivity contribution >= 4 is 17.7 Å². The van der Waals surface area contributed by atoms with Gasteiger partial charge in [0.2, 0.25) is 11.1 Å². The van der Waals surface area contributed by atoms with Gasteiger partial charge in [-0.05, 0) is 17.7 Å². The number of rotatable bonds is 5. The quantitative estimate of drug-likeness (QED) is 0.516. The van der Waals surface area contributed by atoms with Gasteiger partial charge in [-0.2, -0.15) is 0 Å². The molecule has 0 spiro atoms. The molecule has 0 fully saturated rings. The van der Waals surface area contributed by atoms with E-state index in [0.717, 1.165) is 11.1 Å². The van der Waals surface area contributed by atoms with Crippen molar-refractivity contribution in [2.45, 2.75) is 23.0 Å². The summed E-state index contributed by atoms with van der Waals surface area (Å²) in [5.74, 6) is 1.34. The Hall–Kier alpha value is -3.52. The van der Waals surface area contributed by atoms with Gasteiger partial charge in [0.15, 0.2) is 5.82 Å². The largest absolute Gasteiger partial charge is 0.467 e. The number of hydrogen-bond acceptors (Lipinski definition) is 6. The van der Waals surface area contributed by atoms with E-state index < -0.39 is 5.25 Å². The molecule has 0 bridgehead atoms. The molecule has 30 heavy (non-hydrogen) atoms. The Kier molecular flexibility index (Phi) is 4.98. The van der Waals surface area contributed by atoms with Crippen LogP contribution in [0.5, 0.6) is 0 Å². The summed E-state index contributed by atoms with van der Waals surface area (Å²) in [7, 11) is 0. The summed E-state index contributed by atoms with van der Waals surface area (Å²) < 4.78 is 7.20. The molecule has 7 nitrogen and oxygen atoms in total. The van der Waals surface area contributed by atoms with E-state index in [-0.39, 0.29) is 11.9 Å². The molecule has 1 aliphatic heterocycles. The molecule has 2 N–H and O–H groups in total. The van der Waals surface area contributed by atoms with Gasteiger partial charge < -0.3 is 15.2 Å². The van der Waals surface area contributed by atoms with Gasteiger partial charge in [0.05, 0.1) is 18.8 Å². The average molecular weight is 417 g/mol. The van der Waals surface area contributed by atoms with Crippen molar-refractivity contribution in [1.29, 1.82) is 0 Å². The summed E-state index contributed by atoms with van der Waals surface area (Å²) in [5, 5.41) is 11.9. The molecule has 150 valence electrons. The summed E-state index contributed by atoms with van der Waals surface area (Å²) in [6, 6.07) is 23.2. The lowest BCUT2D eigenvalue weighted by molar-refractivity contribution is -0.121. The number of amides is 1. The highest BCUT2D eigenvalue weighted by Gasteiger charge is 2.37. The van der Waals surface area contributed by atoms with E-state index in [9.17, 15) is 4.79 Å². The van der Waals surface area contributed by atoms with E-state index in [1.807, 2.05) is 71.4 Å². The van der Waals surface area contributed by atoms with Gasteiger partial charge in [-0.1, -0.05) is 72.4 Å². The van der Waals surface area contributed by atoms with Crippen molar-refractivity contribution in [3.8, 4) is 11.4 Å². The fourth-order valence-corrected chi connectivity index (χ4v) is 4.53. The second-order valence-electron chi connectivity index (χ2n) is 6.86. The number of aromatic nitrogens is 3. The molecule has 8 heteroatoms. The van der Waals surface area contributed by atoms with Crippen LogP contribution in [0.4, 0.5) is 0 Å². The summed E-state index contributed by atoms with van der Waals surface area (Å²) >= 11 is 1.40. The van der Waals surface area contributed by atoms with Crippen LogP contribution < -0.4 is 10.7 Å². The SMILES string of the molecule is O=C(NCc1ccco1)C1Sc2nnc(-c3ccccc3)n2NC1c1ccccc1. The maximum atomic E-state index is 13.1. The first-order chi connectivity index (χ1) is 14.8. The number of hydrogen-bond donors (Lipinski definition) is 2. The molecular weight excluding hydrogens is 398 g/mol. The Balaban J connectivity index is 1.46. The second kappa shape index (κ2) is 8.08. The number of furan rings is 1. The molecule has 0 aliphatic carbocycles. The third-order valence-electron chi connectivity index (χ3n) is 4.90. The van der Waals surface area contributed by atoms with Crippen LogP contribution in [0, 0.1) is 0 Å². The van der Waals surface area contributed by atoms with E-state index in [0.29, 0.717) is 23.3 Å². The first-order valence-corrected chi connectivity index (χ1v) is 10.5. The molecular formula is C22H19N5O2S. The van der Waals surface area contributed by atoms with Crippen molar-refractivity contribution in [2.24, 2.45) is 0 Å². The minimum Gasteiger partial charge on any atom is -0.467 e.